The average molecular weight is 333 g/mol. The first-order chi connectivity index (χ1) is 11.5. The molecular weight excluding hydrogens is 316 g/mol. The standard InChI is InChI=1S/C16H17F2N5O/c1-9-11-4-3-10(7-13(11)23(2)21-9)14-20-15(24-22-14)12-5-6-19-8-16(12,17)18/h3-4,7,12,19H,5-6,8H2,1-2H3. The van der Waals surface area contributed by atoms with Crippen LogP contribution in [0.2, 0.25) is 0 Å². The number of aryl methyl sites for hydroxylation is 2. The maximum atomic E-state index is 14.0. The summed E-state index contributed by atoms with van der Waals surface area (Å²) in [6.07, 6.45) is 0.272. The summed E-state index contributed by atoms with van der Waals surface area (Å²) < 4.78 is 35.0. The number of aromatic nitrogens is 4. The summed E-state index contributed by atoms with van der Waals surface area (Å²) in [6.45, 7) is 2.08. The first-order valence-corrected chi connectivity index (χ1v) is 7.81. The van der Waals surface area contributed by atoms with Crippen LogP contribution in [0.15, 0.2) is 22.7 Å². The molecule has 1 fully saturated rings. The van der Waals surface area contributed by atoms with Crippen molar-refractivity contribution in [3.05, 3.63) is 29.8 Å². The molecule has 0 radical (unpaired) electrons. The number of halogens is 2. The highest BCUT2D eigenvalue weighted by molar-refractivity contribution is 5.85. The summed E-state index contributed by atoms with van der Waals surface area (Å²) in [4.78, 5) is 4.23. The Hall–Kier alpha value is -2.35. The molecule has 1 aliphatic heterocycles. The zero-order valence-electron chi connectivity index (χ0n) is 13.4. The van der Waals surface area contributed by atoms with Crippen molar-refractivity contribution < 1.29 is 13.3 Å². The molecular formula is C16H17F2N5O. The van der Waals surface area contributed by atoms with Gasteiger partial charge in [0.15, 0.2) is 0 Å². The van der Waals surface area contributed by atoms with E-state index in [2.05, 4.69) is 20.6 Å². The van der Waals surface area contributed by atoms with E-state index in [9.17, 15) is 8.78 Å². The van der Waals surface area contributed by atoms with Gasteiger partial charge in [0.25, 0.3) is 5.92 Å². The second-order valence-corrected chi connectivity index (χ2v) is 6.18. The lowest BCUT2D eigenvalue weighted by molar-refractivity contribution is -0.0506. The topological polar surface area (TPSA) is 68.8 Å². The number of alkyl halides is 2. The van der Waals surface area contributed by atoms with Crippen LogP contribution in [0.5, 0.6) is 0 Å². The molecule has 1 aliphatic rings. The maximum absolute atomic E-state index is 14.0. The molecule has 0 saturated carbocycles. The average Bonchev–Trinajstić information content (AvgIpc) is 3.13. The van der Waals surface area contributed by atoms with Crippen molar-refractivity contribution in [1.29, 1.82) is 0 Å². The van der Waals surface area contributed by atoms with Gasteiger partial charge in [-0.2, -0.15) is 10.1 Å². The van der Waals surface area contributed by atoms with E-state index in [1.165, 1.54) is 0 Å². The van der Waals surface area contributed by atoms with Crippen LogP contribution in [-0.2, 0) is 7.05 Å². The van der Waals surface area contributed by atoms with E-state index in [0.29, 0.717) is 12.4 Å². The fourth-order valence-corrected chi connectivity index (χ4v) is 3.21. The summed E-state index contributed by atoms with van der Waals surface area (Å²) in [5, 5.41) is 12.0. The molecule has 126 valence electrons. The predicted octanol–water partition coefficient (Wildman–Crippen LogP) is 2.64. The van der Waals surface area contributed by atoms with E-state index in [1.54, 1.807) is 4.68 Å². The molecule has 1 atom stereocenters. The third-order valence-electron chi connectivity index (χ3n) is 4.51. The van der Waals surface area contributed by atoms with Gasteiger partial charge in [0.2, 0.25) is 11.7 Å². The van der Waals surface area contributed by atoms with Gasteiger partial charge in [-0.1, -0.05) is 17.3 Å². The third-order valence-corrected chi connectivity index (χ3v) is 4.51. The summed E-state index contributed by atoms with van der Waals surface area (Å²) in [5.74, 6) is -3.61. The lowest BCUT2D eigenvalue weighted by Gasteiger charge is -2.29. The van der Waals surface area contributed by atoms with Gasteiger partial charge < -0.3 is 9.84 Å². The van der Waals surface area contributed by atoms with Gasteiger partial charge in [0.05, 0.1) is 17.8 Å². The quantitative estimate of drug-likeness (QED) is 0.781. The Morgan fingerprint density at radius 2 is 2.21 bits per heavy atom. The molecule has 1 aromatic carbocycles. The second-order valence-electron chi connectivity index (χ2n) is 6.18. The predicted molar refractivity (Wildman–Crippen MR) is 83.9 cm³/mol. The molecule has 0 amide bonds. The molecule has 2 aromatic heterocycles. The van der Waals surface area contributed by atoms with E-state index in [1.807, 2.05) is 32.2 Å². The van der Waals surface area contributed by atoms with Crippen molar-refractivity contribution in [1.82, 2.24) is 25.2 Å². The molecule has 4 rings (SSSR count). The Morgan fingerprint density at radius 3 is 3.00 bits per heavy atom. The highest BCUT2D eigenvalue weighted by Gasteiger charge is 2.45. The van der Waals surface area contributed by atoms with Gasteiger partial charge >= 0.3 is 0 Å². The number of hydrogen-bond donors (Lipinski definition) is 1. The van der Waals surface area contributed by atoms with Gasteiger partial charge in [0.1, 0.15) is 5.92 Å². The van der Waals surface area contributed by atoms with Gasteiger partial charge in [-0.15, -0.1) is 0 Å². The fourth-order valence-electron chi connectivity index (χ4n) is 3.21. The Morgan fingerprint density at radius 1 is 1.38 bits per heavy atom. The zero-order valence-corrected chi connectivity index (χ0v) is 13.4. The summed E-state index contributed by atoms with van der Waals surface area (Å²) in [5.41, 5.74) is 2.59. The van der Waals surface area contributed by atoms with Gasteiger partial charge in [-0.25, -0.2) is 8.78 Å². The molecule has 1 N–H and O–H groups in total. The lowest BCUT2D eigenvalue weighted by Crippen LogP contribution is -2.44. The minimum atomic E-state index is -2.88. The first-order valence-electron chi connectivity index (χ1n) is 7.81. The number of hydrogen-bond acceptors (Lipinski definition) is 5. The zero-order chi connectivity index (χ0) is 16.9. The number of nitrogens with one attached hydrogen (secondary N) is 1. The lowest BCUT2D eigenvalue weighted by atomic mass is 9.94. The van der Waals surface area contributed by atoms with Gasteiger partial charge in [0, 0.05) is 18.0 Å². The van der Waals surface area contributed by atoms with Gasteiger partial charge in [-0.3, -0.25) is 4.68 Å². The van der Waals surface area contributed by atoms with Crippen LogP contribution >= 0.6 is 0 Å². The normalized spacial score (nSPS) is 20.6. The maximum Gasteiger partial charge on any atom is 0.271 e. The molecule has 24 heavy (non-hydrogen) atoms. The van der Waals surface area contributed by atoms with Crippen LogP contribution in [0, 0.1) is 6.92 Å². The molecule has 0 aliphatic carbocycles. The fraction of sp³-hybridized carbons (Fsp3) is 0.438. The van der Waals surface area contributed by atoms with E-state index in [0.717, 1.165) is 22.2 Å². The highest BCUT2D eigenvalue weighted by atomic mass is 19.3. The molecule has 1 unspecified atom stereocenters. The monoisotopic (exact) mass is 333 g/mol. The van der Waals surface area contributed by atoms with E-state index in [4.69, 9.17) is 4.52 Å². The number of fused-ring (bicyclic) bond motifs is 1. The van der Waals surface area contributed by atoms with E-state index in [-0.39, 0.29) is 18.9 Å². The van der Waals surface area contributed by atoms with Crippen molar-refractivity contribution in [2.75, 3.05) is 13.1 Å². The Kier molecular flexibility index (Phi) is 3.38. The smallest absolute Gasteiger partial charge is 0.271 e. The summed E-state index contributed by atoms with van der Waals surface area (Å²) >= 11 is 0. The summed E-state index contributed by atoms with van der Waals surface area (Å²) in [6, 6.07) is 5.68. The number of piperidine rings is 1. The van der Waals surface area contributed by atoms with E-state index < -0.39 is 11.8 Å². The molecule has 3 heterocycles. The van der Waals surface area contributed by atoms with Crippen molar-refractivity contribution >= 4 is 10.9 Å². The molecule has 0 spiro atoms. The molecule has 0 bridgehead atoms. The van der Waals surface area contributed by atoms with Crippen molar-refractivity contribution in [2.45, 2.75) is 25.2 Å². The van der Waals surface area contributed by atoms with Crippen LogP contribution < -0.4 is 5.32 Å². The summed E-state index contributed by atoms with van der Waals surface area (Å²) in [7, 11) is 1.86. The first kappa shape index (κ1) is 15.2. The van der Waals surface area contributed by atoms with E-state index >= 15 is 0 Å². The Bertz CT molecular complexity index is 901. The van der Waals surface area contributed by atoms with Crippen LogP contribution in [0.1, 0.15) is 23.9 Å². The van der Waals surface area contributed by atoms with Crippen molar-refractivity contribution in [3.63, 3.8) is 0 Å². The molecule has 3 aromatic rings. The molecule has 6 nitrogen and oxygen atoms in total. The van der Waals surface area contributed by atoms with Crippen LogP contribution in [0.4, 0.5) is 8.78 Å². The van der Waals surface area contributed by atoms with Crippen molar-refractivity contribution in [2.24, 2.45) is 7.05 Å². The number of benzene rings is 1. The van der Waals surface area contributed by atoms with Crippen LogP contribution in [0.3, 0.4) is 0 Å². The SMILES string of the molecule is Cc1nn(C)c2cc(-c3noc(C4CCNCC4(F)F)n3)ccc12. The van der Waals surface area contributed by atoms with Crippen molar-refractivity contribution in [3.8, 4) is 11.4 Å². The minimum Gasteiger partial charge on any atom is -0.338 e. The van der Waals surface area contributed by atoms with Crippen LogP contribution in [0.25, 0.3) is 22.3 Å². The number of nitrogens with zero attached hydrogens (tertiary/aromatic N) is 4. The largest absolute Gasteiger partial charge is 0.338 e. The van der Waals surface area contributed by atoms with Gasteiger partial charge in [-0.05, 0) is 26.0 Å². The molecule has 1 saturated heterocycles. The molecule has 8 heteroatoms. The third kappa shape index (κ3) is 2.37. The Labute approximate surface area is 136 Å². The second kappa shape index (κ2) is 5.34. The highest BCUT2D eigenvalue weighted by Crippen LogP contribution is 2.37. The Balaban J connectivity index is 1.71. The number of rotatable bonds is 2. The minimum absolute atomic E-state index is 0.00205. The van der Waals surface area contributed by atoms with Crippen LogP contribution in [-0.4, -0.2) is 38.9 Å².